The van der Waals surface area contributed by atoms with E-state index in [0.717, 1.165) is 17.0 Å². The molecule has 2 rings (SSSR count). The van der Waals surface area contributed by atoms with E-state index in [1.165, 1.54) is 0 Å². The van der Waals surface area contributed by atoms with Gasteiger partial charge in [0.2, 0.25) is 0 Å². The molecule has 0 aliphatic heterocycles. The van der Waals surface area contributed by atoms with Crippen molar-refractivity contribution < 1.29 is 9.53 Å². The van der Waals surface area contributed by atoms with Crippen LogP contribution in [0, 0.1) is 0 Å². The van der Waals surface area contributed by atoms with Crippen LogP contribution in [-0.2, 0) is 4.79 Å². The fourth-order valence-corrected chi connectivity index (χ4v) is 1.90. The second-order valence-electron chi connectivity index (χ2n) is 4.65. The molecule has 0 saturated heterocycles. The highest BCUT2D eigenvalue weighted by molar-refractivity contribution is 5.99. The molecule has 0 saturated carbocycles. The minimum atomic E-state index is -0.221. The van der Waals surface area contributed by atoms with Gasteiger partial charge in [0.05, 0.1) is 25.1 Å². The van der Waals surface area contributed by atoms with Crippen molar-refractivity contribution in [1.29, 1.82) is 0 Å². The van der Waals surface area contributed by atoms with Gasteiger partial charge in [-0.15, -0.1) is 0 Å². The number of amides is 1. The molecule has 22 heavy (non-hydrogen) atoms. The largest absolute Gasteiger partial charge is 0.495 e. The lowest BCUT2D eigenvalue weighted by Gasteiger charge is -2.10. The summed E-state index contributed by atoms with van der Waals surface area (Å²) in [7, 11) is 1.59. The van der Waals surface area contributed by atoms with Gasteiger partial charge in [0.1, 0.15) is 5.75 Å². The second-order valence-corrected chi connectivity index (χ2v) is 4.65. The van der Waals surface area contributed by atoms with Crippen LogP contribution >= 0.6 is 0 Å². The molecule has 0 aliphatic carbocycles. The minimum Gasteiger partial charge on any atom is -0.495 e. The number of anilines is 1. The summed E-state index contributed by atoms with van der Waals surface area (Å²) in [5.74, 6) is 0.473. The molecule has 5 nitrogen and oxygen atoms in total. The fourth-order valence-electron chi connectivity index (χ4n) is 1.90. The molecule has 2 N–H and O–H groups in total. The molecule has 0 aromatic heterocycles. The van der Waals surface area contributed by atoms with Gasteiger partial charge in [0.15, 0.2) is 0 Å². The molecule has 0 bridgehead atoms. The van der Waals surface area contributed by atoms with Crippen molar-refractivity contribution in [3.05, 3.63) is 60.2 Å². The third kappa shape index (κ3) is 4.34. The molecule has 0 unspecified atom stereocenters. The second kappa shape index (κ2) is 7.83. The van der Waals surface area contributed by atoms with E-state index in [9.17, 15) is 4.79 Å². The number of carbonyl (C=O) groups is 1. The Morgan fingerprint density at radius 3 is 2.50 bits per heavy atom. The molecule has 2 aromatic carbocycles. The Balaban J connectivity index is 1.88. The number of nitrogens with zero attached hydrogens (tertiary/aromatic N) is 1. The van der Waals surface area contributed by atoms with Crippen molar-refractivity contribution in [2.45, 2.75) is 6.92 Å². The number of para-hydroxylation sites is 2. The lowest BCUT2D eigenvalue weighted by atomic mass is 10.1. The lowest BCUT2D eigenvalue weighted by Crippen LogP contribution is -2.26. The predicted molar refractivity (Wildman–Crippen MR) is 88.3 cm³/mol. The molecule has 2 aromatic rings. The summed E-state index contributed by atoms with van der Waals surface area (Å²) in [6, 6.07) is 17.1. The number of methoxy groups -OCH3 is 1. The highest BCUT2D eigenvalue weighted by Crippen LogP contribution is 2.22. The first-order chi connectivity index (χ1) is 10.7. The van der Waals surface area contributed by atoms with Crippen LogP contribution < -0.4 is 15.5 Å². The zero-order valence-electron chi connectivity index (χ0n) is 12.7. The van der Waals surface area contributed by atoms with Gasteiger partial charge in [-0.2, -0.15) is 5.10 Å². The summed E-state index contributed by atoms with van der Waals surface area (Å²) in [6.07, 6.45) is 0. The minimum absolute atomic E-state index is 0.117. The van der Waals surface area contributed by atoms with E-state index in [1.807, 2.05) is 61.5 Å². The Morgan fingerprint density at radius 2 is 1.77 bits per heavy atom. The summed E-state index contributed by atoms with van der Waals surface area (Å²) in [5, 5.41) is 7.12. The first kappa shape index (κ1) is 15.6. The van der Waals surface area contributed by atoms with E-state index in [0.29, 0.717) is 5.75 Å². The maximum absolute atomic E-state index is 11.8. The number of hydrogen-bond donors (Lipinski definition) is 2. The van der Waals surface area contributed by atoms with E-state index < -0.39 is 0 Å². The van der Waals surface area contributed by atoms with Gasteiger partial charge in [-0.25, -0.2) is 5.43 Å². The van der Waals surface area contributed by atoms with E-state index in [2.05, 4.69) is 15.8 Å². The number of benzene rings is 2. The van der Waals surface area contributed by atoms with Crippen LogP contribution in [0.25, 0.3) is 0 Å². The van der Waals surface area contributed by atoms with Gasteiger partial charge < -0.3 is 10.1 Å². The van der Waals surface area contributed by atoms with Gasteiger partial charge in [-0.3, -0.25) is 4.79 Å². The van der Waals surface area contributed by atoms with E-state index in [-0.39, 0.29) is 12.5 Å². The first-order valence-corrected chi connectivity index (χ1v) is 6.96. The number of hydrazone groups is 1. The standard InChI is InChI=1S/C17H19N3O2/c1-13(14-8-4-3-5-9-14)19-20-17(21)12-18-15-10-6-7-11-16(15)22-2/h3-11,18H,12H2,1-2H3,(H,20,21). The van der Waals surface area contributed by atoms with Gasteiger partial charge in [-0.1, -0.05) is 42.5 Å². The van der Waals surface area contributed by atoms with Gasteiger partial charge >= 0.3 is 0 Å². The van der Waals surface area contributed by atoms with Crippen LogP contribution in [0.15, 0.2) is 59.7 Å². The van der Waals surface area contributed by atoms with Crippen molar-refractivity contribution in [1.82, 2.24) is 5.43 Å². The molecule has 0 fully saturated rings. The van der Waals surface area contributed by atoms with Crippen molar-refractivity contribution in [3.63, 3.8) is 0 Å². The topological polar surface area (TPSA) is 62.7 Å². The van der Waals surface area contributed by atoms with Crippen molar-refractivity contribution in [3.8, 4) is 5.75 Å². The Kier molecular flexibility index (Phi) is 5.54. The molecule has 1 amide bonds. The van der Waals surface area contributed by atoms with Crippen LogP contribution in [0.5, 0.6) is 5.75 Å². The highest BCUT2D eigenvalue weighted by atomic mass is 16.5. The number of ether oxygens (including phenoxy) is 1. The third-order valence-electron chi connectivity index (χ3n) is 3.09. The third-order valence-corrected chi connectivity index (χ3v) is 3.09. The average Bonchev–Trinajstić information content (AvgIpc) is 2.58. The number of hydrogen-bond acceptors (Lipinski definition) is 4. The van der Waals surface area contributed by atoms with E-state index in [1.54, 1.807) is 7.11 Å². The Morgan fingerprint density at radius 1 is 1.09 bits per heavy atom. The van der Waals surface area contributed by atoms with E-state index in [4.69, 9.17) is 4.74 Å². The number of carbonyl (C=O) groups excluding carboxylic acids is 1. The number of nitrogens with one attached hydrogen (secondary N) is 2. The van der Waals surface area contributed by atoms with Gasteiger partial charge in [0, 0.05) is 0 Å². The van der Waals surface area contributed by atoms with Crippen LogP contribution in [0.1, 0.15) is 12.5 Å². The Bertz CT molecular complexity index is 654. The first-order valence-electron chi connectivity index (χ1n) is 6.96. The summed E-state index contributed by atoms with van der Waals surface area (Å²) in [4.78, 5) is 11.8. The summed E-state index contributed by atoms with van der Waals surface area (Å²) in [6.45, 7) is 1.97. The molecular formula is C17H19N3O2. The van der Waals surface area contributed by atoms with Gasteiger partial charge in [-0.05, 0) is 24.6 Å². The van der Waals surface area contributed by atoms with Crippen molar-refractivity contribution in [2.75, 3.05) is 19.0 Å². The Hall–Kier alpha value is -2.82. The van der Waals surface area contributed by atoms with Crippen LogP contribution in [0.2, 0.25) is 0 Å². The SMILES string of the molecule is COc1ccccc1NCC(=O)NN=C(C)c1ccccc1. The zero-order chi connectivity index (χ0) is 15.8. The predicted octanol–water partition coefficient (Wildman–Crippen LogP) is 2.65. The van der Waals surface area contributed by atoms with Gasteiger partial charge in [0.25, 0.3) is 5.91 Å². The highest BCUT2D eigenvalue weighted by Gasteiger charge is 2.04. The average molecular weight is 297 g/mol. The normalized spacial score (nSPS) is 10.9. The summed E-state index contributed by atoms with van der Waals surface area (Å²) in [5.41, 5.74) is 5.03. The summed E-state index contributed by atoms with van der Waals surface area (Å²) >= 11 is 0. The number of rotatable bonds is 6. The summed E-state index contributed by atoms with van der Waals surface area (Å²) < 4.78 is 5.21. The monoisotopic (exact) mass is 297 g/mol. The van der Waals surface area contributed by atoms with E-state index >= 15 is 0 Å². The van der Waals surface area contributed by atoms with Crippen molar-refractivity contribution in [2.24, 2.45) is 5.10 Å². The lowest BCUT2D eigenvalue weighted by molar-refractivity contribution is -0.119. The Labute approximate surface area is 130 Å². The molecule has 0 atom stereocenters. The zero-order valence-corrected chi connectivity index (χ0v) is 12.7. The molecule has 0 radical (unpaired) electrons. The van der Waals surface area contributed by atoms with Crippen LogP contribution in [0.3, 0.4) is 0 Å². The molecule has 114 valence electrons. The van der Waals surface area contributed by atoms with Crippen LogP contribution in [-0.4, -0.2) is 25.3 Å². The molecule has 0 aliphatic rings. The molecule has 0 spiro atoms. The fraction of sp³-hybridized carbons (Fsp3) is 0.176. The maximum Gasteiger partial charge on any atom is 0.259 e. The smallest absolute Gasteiger partial charge is 0.259 e. The van der Waals surface area contributed by atoms with Crippen molar-refractivity contribution >= 4 is 17.3 Å². The maximum atomic E-state index is 11.8. The van der Waals surface area contributed by atoms with Crippen LogP contribution in [0.4, 0.5) is 5.69 Å². The quantitative estimate of drug-likeness (QED) is 0.636. The molecule has 0 heterocycles. The molecular weight excluding hydrogens is 278 g/mol. The molecule has 5 heteroatoms.